The second kappa shape index (κ2) is 5.83. The van der Waals surface area contributed by atoms with Crippen LogP contribution in [-0.2, 0) is 4.79 Å². The predicted octanol–water partition coefficient (Wildman–Crippen LogP) is 1.31. The van der Waals surface area contributed by atoms with Crippen LogP contribution in [0.15, 0.2) is 0 Å². The molecule has 2 amide bonds. The van der Waals surface area contributed by atoms with Crippen LogP contribution >= 0.6 is 0 Å². The standard InChI is InChI=1S/C15H25N3O3/c19-13(20)10-15(6-3-7-15)17-14(21)16-11-5-9-18-8-2-1-4-12(11)18/h11-12H,1-10H2,(H,19,20)(H2,16,17,21). The summed E-state index contributed by atoms with van der Waals surface area (Å²) >= 11 is 0. The van der Waals surface area contributed by atoms with E-state index >= 15 is 0 Å². The number of rotatable bonds is 4. The van der Waals surface area contributed by atoms with Crippen molar-refractivity contribution >= 4 is 12.0 Å². The summed E-state index contributed by atoms with van der Waals surface area (Å²) in [7, 11) is 0. The van der Waals surface area contributed by atoms with E-state index in [4.69, 9.17) is 5.11 Å². The van der Waals surface area contributed by atoms with Gasteiger partial charge in [-0.1, -0.05) is 6.42 Å². The molecule has 0 aromatic carbocycles. The van der Waals surface area contributed by atoms with Crippen LogP contribution in [0.4, 0.5) is 4.79 Å². The molecule has 3 fully saturated rings. The number of carbonyl (C=O) groups is 2. The van der Waals surface area contributed by atoms with Crippen molar-refractivity contribution in [1.82, 2.24) is 15.5 Å². The summed E-state index contributed by atoms with van der Waals surface area (Å²) in [5.41, 5.74) is -0.513. The number of carboxylic acids is 1. The van der Waals surface area contributed by atoms with Crippen molar-refractivity contribution in [2.24, 2.45) is 0 Å². The molecule has 2 atom stereocenters. The Labute approximate surface area is 125 Å². The van der Waals surface area contributed by atoms with Gasteiger partial charge in [0.2, 0.25) is 0 Å². The lowest BCUT2D eigenvalue weighted by atomic mass is 9.74. The SMILES string of the molecule is O=C(O)CC1(NC(=O)NC2CCN3CCCCC23)CCC1. The first kappa shape index (κ1) is 14.6. The van der Waals surface area contributed by atoms with E-state index in [0.717, 1.165) is 45.2 Å². The lowest BCUT2D eigenvalue weighted by molar-refractivity contribution is -0.139. The van der Waals surface area contributed by atoms with Gasteiger partial charge >= 0.3 is 12.0 Å². The second-order valence-electron chi connectivity index (χ2n) is 6.80. The normalized spacial score (nSPS) is 31.0. The number of urea groups is 1. The van der Waals surface area contributed by atoms with Crippen molar-refractivity contribution in [1.29, 1.82) is 0 Å². The van der Waals surface area contributed by atoms with E-state index in [9.17, 15) is 9.59 Å². The summed E-state index contributed by atoms with van der Waals surface area (Å²) in [5, 5.41) is 15.0. The number of nitrogens with zero attached hydrogens (tertiary/aromatic N) is 1. The van der Waals surface area contributed by atoms with Gasteiger partial charge in [0.05, 0.1) is 12.0 Å². The molecule has 1 saturated carbocycles. The summed E-state index contributed by atoms with van der Waals surface area (Å²) in [6.45, 7) is 2.21. The van der Waals surface area contributed by atoms with Crippen molar-refractivity contribution in [2.45, 2.75) is 69.0 Å². The van der Waals surface area contributed by atoms with E-state index < -0.39 is 11.5 Å². The molecule has 6 nitrogen and oxygen atoms in total. The fourth-order valence-electron chi connectivity index (χ4n) is 4.10. The monoisotopic (exact) mass is 295 g/mol. The molecule has 0 aromatic rings. The van der Waals surface area contributed by atoms with Crippen molar-refractivity contribution in [3.05, 3.63) is 0 Å². The van der Waals surface area contributed by atoms with Gasteiger partial charge in [0.1, 0.15) is 0 Å². The van der Waals surface area contributed by atoms with Crippen LogP contribution in [0.5, 0.6) is 0 Å². The van der Waals surface area contributed by atoms with Gasteiger partial charge in [-0.2, -0.15) is 0 Å². The molecule has 3 N–H and O–H groups in total. The molecule has 1 aliphatic carbocycles. The van der Waals surface area contributed by atoms with Crippen LogP contribution in [0.1, 0.15) is 51.4 Å². The molecular formula is C15H25N3O3. The Morgan fingerprint density at radius 2 is 1.95 bits per heavy atom. The maximum Gasteiger partial charge on any atom is 0.315 e. The van der Waals surface area contributed by atoms with Gasteiger partial charge in [0, 0.05) is 18.6 Å². The minimum atomic E-state index is -0.839. The number of piperidine rings is 1. The highest BCUT2D eigenvalue weighted by Crippen LogP contribution is 2.35. The first-order valence-electron chi connectivity index (χ1n) is 8.13. The quantitative estimate of drug-likeness (QED) is 0.730. The van der Waals surface area contributed by atoms with E-state index in [-0.39, 0.29) is 18.5 Å². The van der Waals surface area contributed by atoms with Crippen LogP contribution in [0.3, 0.4) is 0 Å². The molecule has 0 bridgehead atoms. The number of fused-ring (bicyclic) bond motifs is 1. The topological polar surface area (TPSA) is 81.7 Å². The van der Waals surface area contributed by atoms with E-state index in [1.54, 1.807) is 0 Å². The van der Waals surface area contributed by atoms with Crippen LogP contribution in [-0.4, -0.2) is 52.7 Å². The van der Waals surface area contributed by atoms with Crippen molar-refractivity contribution in [2.75, 3.05) is 13.1 Å². The number of amides is 2. The zero-order valence-corrected chi connectivity index (χ0v) is 12.4. The fourth-order valence-corrected chi connectivity index (χ4v) is 4.10. The molecule has 2 aliphatic heterocycles. The zero-order valence-electron chi connectivity index (χ0n) is 12.4. The largest absolute Gasteiger partial charge is 0.481 e. The van der Waals surface area contributed by atoms with Gasteiger partial charge in [-0.15, -0.1) is 0 Å². The Morgan fingerprint density at radius 3 is 2.62 bits per heavy atom. The van der Waals surface area contributed by atoms with E-state index in [2.05, 4.69) is 15.5 Å². The first-order valence-corrected chi connectivity index (χ1v) is 8.13. The van der Waals surface area contributed by atoms with Gasteiger partial charge in [-0.05, 0) is 45.1 Å². The van der Waals surface area contributed by atoms with Crippen molar-refractivity contribution < 1.29 is 14.7 Å². The highest BCUT2D eigenvalue weighted by atomic mass is 16.4. The number of nitrogens with one attached hydrogen (secondary N) is 2. The molecule has 3 rings (SSSR count). The van der Waals surface area contributed by atoms with E-state index in [0.29, 0.717) is 6.04 Å². The summed E-state index contributed by atoms with van der Waals surface area (Å²) in [5.74, 6) is -0.839. The Balaban J connectivity index is 1.53. The minimum absolute atomic E-state index is 0.0284. The van der Waals surface area contributed by atoms with Crippen LogP contribution in [0.2, 0.25) is 0 Å². The molecule has 3 aliphatic rings. The van der Waals surface area contributed by atoms with Crippen molar-refractivity contribution in [3.8, 4) is 0 Å². The van der Waals surface area contributed by atoms with Crippen molar-refractivity contribution in [3.63, 3.8) is 0 Å². The molecule has 0 spiro atoms. The van der Waals surface area contributed by atoms with Crippen LogP contribution in [0.25, 0.3) is 0 Å². The molecule has 118 valence electrons. The Hall–Kier alpha value is -1.30. The molecule has 2 unspecified atom stereocenters. The van der Waals surface area contributed by atoms with Gasteiger partial charge < -0.3 is 15.7 Å². The van der Waals surface area contributed by atoms with E-state index in [1.807, 2.05) is 0 Å². The molecule has 2 heterocycles. The number of carbonyl (C=O) groups excluding carboxylic acids is 1. The van der Waals surface area contributed by atoms with Crippen LogP contribution in [0, 0.1) is 0 Å². The number of hydrogen-bond donors (Lipinski definition) is 3. The molecule has 21 heavy (non-hydrogen) atoms. The molecule has 6 heteroatoms. The third kappa shape index (κ3) is 3.15. The first-order chi connectivity index (χ1) is 10.1. The van der Waals surface area contributed by atoms with Crippen LogP contribution < -0.4 is 10.6 Å². The summed E-state index contributed by atoms with van der Waals surface area (Å²) < 4.78 is 0. The Bertz CT molecular complexity index is 422. The minimum Gasteiger partial charge on any atom is -0.481 e. The molecular weight excluding hydrogens is 270 g/mol. The van der Waals surface area contributed by atoms with Gasteiger partial charge in [0.15, 0.2) is 0 Å². The average Bonchev–Trinajstić information content (AvgIpc) is 2.79. The molecule has 0 aromatic heterocycles. The lowest BCUT2D eigenvalue weighted by Gasteiger charge is -2.42. The average molecular weight is 295 g/mol. The summed E-state index contributed by atoms with van der Waals surface area (Å²) in [6, 6.07) is 0.502. The third-order valence-corrected chi connectivity index (χ3v) is 5.35. The summed E-state index contributed by atoms with van der Waals surface area (Å²) in [6.07, 6.45) is 7.23. The Morgan fingerprint density at radius 1 is 1.14 bits per heavy atom. The number of hydrogen-bond acceptors (Lipinski definition) is 3. The third-order valence-electron chi connectivity index (χ3n) is 5.35. The number of aliphatic carboxylic acids is 1. The predicted molar refractivity (Wildman–Crippen MR) is 78.1 cm³/mol. The Kier molecular flexibility index (Phi) is 4.06. The lowest BCUT2D eigenvalue weighted by Crippen LogP contribution is -2.59. The number of carboxylic acid groups (broad SMARTS) is 1. The fraction of sp³-hybridized carbons (Fsp3) is 0.867. The maximum atomic E-state index is 12.2. The molecule has 0 radical (unpaired) electrons. The smallest absolute Gasteiger partial charge is 0.315 e. The summed E-state index contributed by atoms with van der Waals surface area (Å²) in [4.78, 5) is 25.6. The highest BCUT2D eigenvalue weighted by molar-refractivity contribution is 5.77. The molecule has 2 saturated heterocycles. The second-order valence-corrected chi connectivity index (χ2v) is 6.80. The maximum absolute atomic E-state index is 12.2. The van der Waals surface area contributed by atoms with E-state index in [1.165, 1.54) is 12.8 Å². The van der Waals surface area contributed by atoms with Gasteiger partial charge in [-0.3, -0.25) is 9.69 Å². The van der Waals surface area contributed by atoms with Gasteiger partial charge in [-0.25, -0.2) is 4.79 Å². The zero-order chi connectivity index (χ0) is 14.9. The van der Waals surface area contributed by atoms with Gasteiger partial charge in [0.25, 0.3) is 0 Å². The highest BCUT2D eigenvalue weighted by Gasteiger charge is 2.42.